The molecule has 4 rings (SSSR count). The first-order chi connectivity index (χ1) is 17.2. The molecule has 190 valence electrons. The number of alkyl halides is 2. The maximum Gasteiger partial charge on any atom is 0.341 e. The minimum Gasteiger partial charge on any atom is -0.489 e. The standard InChI is InChI=1S/C28H31F2N3O3/c1-5-28(6-2)18-33(26-31-16-21(25(34)35-7-3)24(32-26)27(4,29)30)23-14-13-20(15-22(23)28)36-17-19-11-9-8-10-12-19/h8-16H,5-7,17-18H2,1-4H3. The van der Waals surface area contributed by atoms with Gasteiger partial charge in [0, 0.05) is 30.8 Å². The molecule has 0 saturated carbocycles. The van der Waals surface area contributed by atoms with Gasteiger partial charge in [-0.2, -0.15) is 8.78 Å². The van der Waals surface area contributed by atoms with Crippen molar-refractivity contribution in [2.45, 2.75) is 58.5 Å². The minimum atomic E-state index is -3.34. The van der Waals surface area contributed by atoms with Gasteiger partial charge >= 0.3 is 5.97 Å². The van der Waals surface area contributed by atoms with E-state index in [4.69, 9.17) is 9.47 Å². The van der Waals surface area contributed by atoms with Gasteiger partial charge in [-0.3, -0.25) is 0 Å². The molecule has 1 aromatic heterocycles. The predicted molar refractivity (Wildman–Crippen MR) is 134 cm³/mol. The maximum atomic E-state index is 14.5. The smallest absolute Gasteiger partial charge is 0.341 e. The zero-order valence-electron chi connectivity index (χ0n) is 21.1. The van der Waals surface area contributed by atoms with Crippen molar-refractivity contribution in [2.75, 3.05) is 18.1 Å². The van der Waals surface area contributed by atoms with E-state index in [0.29, 0.717) is 13.2 Å². The minimum absolute atomic E-state index is 0.0685. The van der Waals surface area contributed by atoms with Crippen LogP contribution < -0.4 is 9.64 Å². The van der Waals surface area contributed by atoms with Gasteiger partial charge in [-0.25, -0.2) is 14.8 Å². The lowest BCUT2D eigenvalue weighted by molar-refractivity contribution is 0.00962. The molecule has 0 spiro atoms. The molecule has 1 aliphatic rings. The summed E-state index contributed by atoms with van der Waals surface area (Å²) in [4.78, 5) is 22.6. The summed E-state index contributed by atoms with van der Waals surface area (Å²) in [6, 6.07) is 15.8. The van der Waals surface area contributed by atoms with E-state index in [1.165, 1.54) is 0 Å². The Labute approximate surface area is 210 Å². The van der Waals surface area contributed by atoms with Crippen molar-refractivity contribution in [1.29, 1.82) is 0 Å². The number of hydrogen-bond donors (Lipinski definition) is 0. The number of esters is 1. The molecule has 0 unspecified atom stereocenters. The van der Waals surface area contributed by atoms with Crippen molar-refractivity contribution in [1.82, 2.24) is 9.97 Å². The van der Waals surface area contributed by atoms with Crippen LogP contribution in [0.1, 0.15) is 67.7 Å². The Morgan fingerprint density at radius 3 is 2.47 bits per heavy atom. The lowest BCUT2D eigenvalue weighted by atomic mass is 9.77. The molecule has 2 heterocycles. The van der Waals surface area contributed by atoms with Crippen molar-refractivity contribution in [3.8, 4) is 5.75 Å². The van der Waals surface area contributed by atoms with Crippen LogP contribution in [0, 0.1) is 0 Å². The predicted octanol–water partition coefficient (Wildman–Crippen LogP) is 6.55. The van der Waals surface area contributed by atoms with E-state index in [9.17, 15) is 13.6 Å². The highest BCUT2D eigenvalue weighted by molar-refractivity contribution is 5.90. The van der Waals surface area contributed by atoms with Crippen LogP contribution in [0.15, 0.2) is 54.7 Å². The maximum absolute atomic E-state index is 14.5. The molecule has 0 fully saturated rings. The normalized spacial score (nSPS) is 14.4. The van der Waals surface area contributed by atoms with Gasteiger partial charge in [0.1, 0.15) is 23.6 Å². The number of ether oxygens (including phenoxy) is 2. The van der Waals surface area contributed by atoms with Gasteiger partial charge in [-0.1, -0.05) is 44.2 Å². The Morgan fingerprint density at radius 2 is 1.83 bits per heavy atom. The summed E-state index contributed by atoms with van der Waals surface area (Å²) < 4.78 is 40.0. The molecule has 3 aromatic rings. The van der Waals surface area contributed by atoms with E-state index < -0.39 is 17.6 Å². The highest BCUT2D eigenvalue weighted by atomic mass is 19.3. The van der Waals surface area contributed by atoms with E-state index in [1.54, 1.807) is 6.92 Å². The zero-order chi connectivity index (χ0) is 25.9. The SMILES string of the molecule is CCOC(=O)c1cnc(N2CC(CC)(CC)c3cc(OCc4ccccc4)ccc32)nc1C(C)(F)F. The summed E-state index contributed by atoms with van der Waals surface area (Å²) in [5.41, 5.74) is 1.80. The fraction of sp³-hybridized carbons (Fsp3) is 0.393. The summed E-state index contributed by atoms with van der Waals surface area (Å²) >= 11 is 0. The monoisotopic (exact) mass is 495 g/mol. The number of fused-ring (bicyclic) bond motifs is 1. The highest BCUT2D eigenvalue weighted by Crippen LogP contribution is 2.49. The van der Waals surface area contributed by atoms with Gasteiger partial charge in [-0.05, 0) is 49.1 Å². The zero-order valence-corrected chi connectivity index (χ0v) is 21.1. The van der Waals surface area contributed by atoms with E-state index in [1.807, 2.05) is 53.4 Å². The van der Waals surface area contributed by atoms with Crippen LogP contribution in [-0.2, 0) is 22.7 Å². The Hall–Kier alpha value is -3.55. The van der Waals surface area contributed by atoms with E-state index in [2.05, 4.69) is 23.8 Å². The van der Waals surface area contributed by atoms with Gasteiger partial charge in [0.05, 0.1) is 6.61 Å². The molecular formula is C28H31F2N3O3. The van der Waals surface area contributed by atoms with Crippen molar-refractivity contribution < 1.29 is 23.0 Å². The molecule has 0 aliphatic carbocycles. The number of nitrogens with zero attached hydrogens (tertiary/aromatic N) is 3. The van der Waals surface area contributed by atoms with Crippen LogP contribution >= 0.6 is 0 Å². The molecule has 0 radical (unpaired) electrons. The number of benzene rings is 2. The van der Waals surface area contributed by atoms with Gasteiger partial charge in [-0.15, -0.1) is 0 Å². The van der Waals surface area contributed by atoms with E-state index in [0.717, 1.165) is 48.5 Å². The van der Waals surface area contributed by atoms with Crippen LogP contribution in [0.2, 0.25) is 0 Å². The summed E-state index contributed by atoms with van der Waals surface area (Å²) in [6.45, 7) is 7.62. The van der Waals surface area contributed by atoms with Crippen LogP contribution in [0.5, 0.6) is 5.75 Å². The summed E-state index contributed by atoms with van der Waals surface area (Å²) in [7, 11) is 0. The first-order valence-electron chi connectivity index (χ1n) is 12.2. The lowest BCUT2D eigenvalue weighted by Crippen LogP contribution is -2.31. The number of aromatic nitrogens is 2. The average molecular weight is 496 g/mol. The molecule has 0 saturated heterocycles. The van der Waals surface area contributed by atoms with Gasteiger partial charge in [0.2, 0.25) is 5.95 Å². The average Bonchev–Trinajstić information content (AvgIpc) is 3.21. The quantitative estimate of drug-likeness (QED) is 0.314. The summed E-state index contributed by atoms with van der Waals surface area (Å²) in [5, 5.41) is 0. The molecule has 0 bridgehead atoms. The van der Waals surface area contributed by atoms with Crippen LogP contribution in [-0.4, -0.2) is 29.1 Å². The molecule has 8 heteroatoms. The third kappa shape index (κ3) is 4.90. The second-order valence-corrected chi connectivity index (χ2v) is 9.07. The summed E-state index contributed by atoms with van der Waals surface area (Å²) in [6.07, 6.45) is 2.82. The van der Waals surface area contributed by atoms with E-state index in [-0.39, 0.29) is 23.5 Å². The van der Waals surface area contributed by atoms with Crippen molar-refractivity contribution in [2.24, 2.45) is 0 Å². The van der Waals surface area contributed by atoms with Crippen molar-refractivity contribution in [3.63, 3.8) is 0 Å². The van der Waals surface area contributed by atoms with Gasteiger partial charge in [0.15, 0.2) is 0 Å². The number of anilines is 2. The molecule has 2 aromatic carbocycles. The second kappa shape index (κ2) is 10.2. The Balaban J connectivity index is 1.72. The lowest BCUT2D eigenvalue weighted by Gasteiger charge is -2.28. The largest absolute Gasteiger partial charge is 0.489 e. The molecular weight excluding hydrogens is 464 g/mol. The van der Waals surface area contributed by atoms with Gasteiger partial charge in [0.25, 0.3) is 5.92 Å². The molecule has 0 atom stereocenters. The highest BCUT2D eigenvalue weighted by Gasteiger charge is 2.43. The van der Waals surface area contributed by atoms with Crippen molar-refractivity contribution in [3.05, 3.63) is 77.1 Å². The number of halogens is 2. The third-order valence-corrected chi connectivity index (χ3v) is 6.82. The number of rotatable bonds is 9. The number of carbonyl (C=O) groups excluding carboxylic acids is 1. The Bertz CT molecular complexity index is 1220. The third-order valence-electron chi connectivity index (χ3n) is 6.82. The number of hydrogen-bond acceptors (Lipinski definition) is 6. The summed E-state index contributed by atoms with van der Waals surface area (Å²) in [5.74, 6) is -3.34. The molecule has 6 nitrogen and oxygen atoms in total. The first-order valence-corrected chi connectivity index (χ1v) is 12.2. The number of carbonyl (C=O) groups is 1. The second-order valence-electron chi connectivity index (χ2n) is 9.07. The Morgan fingerprint density at radius 1 is 1.11 bits per heavy atom. The van der Waals surface area contributed by atoms with Crippen molar-refractivity contribution >= 4 is 17.6 Å². The fourth-order valence-electron chi connectivity index (χ4n) is 4.71. The van der Waals surface area contributed by atoms with E-state index >= 15 is 0 Å². The first kappa shape index (κ1) is 25.5. The molecule has 36 heavy (non-hydrogen) atoms. The van der Waals surface area contributed by atoms with Crippen LogP contribution in [0.4, 0.5) is 20.4 Å². The topological polar surface area (TPSA) is 64.5 Å². The van der Waals surface area contributed by atoms with Gasteiger partial charge < -0.3 is 14.4 Å². The molecule has 0 amide bonds. The molecule has 1 aliphatic heterocycles. The Kier molecular flexibility index (Phi) is 7.24. The fourth-order valence-corrected chi connectivity index (χ4v) is 4.71. The van der Waals surface area contributed by atoms with Crippen LogP contribution in [0.3, 0.4) is 0 Å². The van der Waals surface area contributed by atoms with Crippen LogP contribution in [0.25, 0.3) is 0 Å². The molecule has 0 N–H and O–H groups in total.